The Kier molecular flexibility index (Phi) is 20.9. The van der Waals surface area contributed by atoms with E-state index in [1.807, 2.05) is 0 Å². The van der Waals surface area contributed by atoms with Gasteiger partial charge in [-0.15, -0.1) is 0 Å². The Morgan fingerprint density at radius 1 is 0.788 bits per heavy atom. The van der Waals surface area contributed by atoms with Crippen LogP contribution in [0.15, 0.2) is 34.2 Å². The molecule has 0 aromatic heterocycles. The van der Waals surface area contributed by atoms with Gasteiger partial charge in [0.05, 0.1) is 36.8 Å². The van der Waals surface area contributed by atoms with Gasteiger partial charge in [-0.05, 0) is 37.1 Å². The highest BCUT2D eigenvalue weighted by molar-refractivity contribution is 7.89. The Balaban J connectivity index is 1.50. The molecular formula is C38H62N8O19S. The lowest BCUT2D eigenvalue weighted by Gasteiger charge is -2.50. The fourth-order valence-electron chi connectivity index (χ4n) is 7.51. The van der Waals surface area contributed by atoms with E-state index < -0.39 is 158 Å². The van der Waals surface area contributed by atoms with Crippen molar-refractivity contribution in [1.82, 2.24) is 15.4 Å². The summed E-state index contributed by atoms with van der Waals surface area (Å²) in [5, 5.41) is 72.3. The Labute approximate surface area is 379 Å². The molecule has 0 spiro atoms. The third-order valence-electron chi connectivity index (χ3n) is 10.9. The van der Waals surface area contributed by atoms with Crippen LogP contribution in [0.3, 0.4) is 0 Å². The van der Waals surface area contributed by atoms with Crippen molar-refractivity contribution < 1.29 is 91.4 Å². The first-order valence-corrected chi connectivity index (χ1v) is 22.3. The number of hydrogen-bond acceptors (Lipinski definition) is 21. The predicted octanol–water partition coefficient (Wildman–Crippen LogP) is -6.71. The SMILES string of the molecule is COC1C(CO)OC(O[C@@H]2C(CO)O[C@@H](O[C@@H]3C(CO)O[C@@H](OC)[C@@H](N)C3O)[C@@H](NC(=O)CCC(=O)Nc3ccc(S(=O)(=O)N[C@@H](C=O)CCCN=C(N)N)cc3)C2O)[C@@H](NC(C)=O)[C@@H]1O. The van der Waals surface area contributed by atoms with E-state index in [2.05, 4.69) is 25.7 Å². The fraction of sp³-hybridized carbons (Fsp3) is 0.711. The molecule has 3 fully saturated rings. The van der Waals surface area contributed by atoms with Crippen molar-refractivity contribution in [3.63, 3.8) is 0 Å². The summed E-state index contributed by atoms with van der Waals surface area (Å²) in [5.41, 5.74) is 16.8. The molecule has 374 valence electrons. The van der Waals surface area contributed by atoms with Crippen LogP contribution < -0.4 is 37.9 Å². The number of rotatable bonds is 23. The van der Waals surface area contributed by atoms with Gasteiger partial charge in [-0.25, -0.2) is 13.1 Å². The molecule has 28 heteroatoms. The molecule has 1 aromatic carbocycles. The monoisotopic (exact) mass is 966 g/mol. The van der Waals surface area contributed by atoms with Crippen molar-refractivity contribution in [2.45, 2.75) is 135 Å². The highest BCUT2D eigenvalue weighted by Crippen LogP contribution is 2.33. The smallest absolute Gasteiger partial charge is 0.241 e. The third-order valence-corrected chi connectivity index (χ3v) is 12.4. The number of amides is 3. The van der Waals surface area contributed by atoms with Crippen LogP contribution in [0.2, 0.25) is 0 Å². The highest BCUT2D eigenvalue weighted by Gasteiger charge is 2.54. The molecule has 0 aliphatic carbocycles. The number of aldehydes is 1. The molecule has 3 amide bonds. The fourth-order valence-corrected chi connectivity index (χ4v) is 8.72. The number of sulfonamides is 1. The third kappa shape index (κ3) is 14.2. The van der Waals surface area contributed by atoms with E-state index in [1.54, 1.807) is 0 Å². The van der Waals surface area contributed by atoms with Gasteiger partial charge in [-0.1, -0.05) is 0 Å². The van der Waals surface area contributed by atoms with Crippen molar-refractivity contribution >= 4 is 45.7 Å². The van der Waals surface area contributed by atoms with Gasteiger partial charge in [0.15, 0.2) is 24.8 Å². The summed E-state index contributed by atoms with van der Waals surface area (Å²) in [5.74, 6) is -2.35. The van der Waals surface area contributed by atoms with Crippen LogP contribution in [0.1, 0.15) is 32.6 Å². The minimum Gasteiger partial charge on any atom is -0.394 e. The molecule has 3 aliphatic heterocycles. The molecule has 4 rings (SSSR count). The van der Waals surface area contributed by atoms with Crippen LogP contribution in [0.5, 0.6) is 0 Å². The zero-order valence-corrected chi connectivity index (χ0v) is 37.2. The topological polar surface area (TPSA) is 427 Å². The van der Waals surface area contributed by atoms with Crippen LogP contribution >= 0.6 is 0 Å². The van der Waals surface area contributed by atoms with Gasteiger partial charge in [-0.3, -0.25) is 19.4 Å². The largest absolute Gasteiger partial charge is 0.394 e. The van der Waals surface area contributed by atoms with Gasteiger partial charge < -0.3 is 102 Å². The molecule has 3 aliphatic rings. The summed E-state index contributed by atoms with van der Waals surface area (Å²) in [4.78, 5) is 53.8. The zero-order chi connectivity index (χ0) is 48.9. The number of nitrogens with zero attached hydrogens (tertiary/aromatic N) is 1. The maximum absolute atomic E-state index is 13.5. The van der Waals surface area contributed by atoms with Crippen molar-refractivity contribution in [2.24, 2.45) is 22.2 Å². The van der Waals surface area contributed by atoms with Crippen LogP contribution in [-0.4, -0.2) is 208 Å². The van der Waals surface area contributed by atoms with E-state index in [-0.39, 0.29) is 29.5 Å². The average Bonchev–Trinajstić information content (AvgIpc) is 3.28. The Bertz CT molecular complexity index is 1880. The summed E-state index contributed by atoms with van der Waals surface area (Å²) in [6.45, 7) is -0.962. The van der Waals surface area contributed by atoms with Crippen molar-refractivity contribution in [3.05, 3.63) is 24.3 Å². The van der Waals surface area contributed by atoms with E-state index in [4.69, 9.17) is 50.4 Å². The summed E-state index contributed by atoms with van der Waals surface area (Å²) in [6, 6.07) is -0.394. The second kappa shape index (κ2) is 25.3. The van der Waals surface area contributed by atoms with Gasteiger partial charge in [0.25, 0.3) is 0 Å². The van der Waals surface area contributed by atoms with Gasteiger partial charge in [0.2, 0.25) is 27.7 Å². The first-order chi connectivity index (χ1) is 31.3. The van der Waals surface area contributed by atoms with Crippen LogP contribution in [0, 0.1) is 0 Å². The van der Waals surface area contributed by atoms with Gasteiger partial charge in [-0.2, -0.15) is 0 Å². The summed E-state index contributed by atoms with van der Waals surface area (Å²) < 4.78 is 68.2. The Morgan fingerprint density at radius 2 is 1.30 bits per heavy atom. The summed E-state index contributed by atoms with van der Waals surface area (Å²) >= 11 is 0. The number of ether oxygens (including phenoxy) is 7. The van der Waals surface area contributed by atoms with E-state index in [0.717, 1.165) is 6.92 Å². The molecule has 16 atom stereocenters. The first kappa shape index (κ1) is 54.5. The number of carbonyl (C=O) groups excluding carboxylic acids is 4. The van der Waals surface area contributed by atoms with Crippen molar-refractivity contribution in [3.8, 4) is 0 Å². The Hall–Kier alpha value is -4.08. The molecule has 0 bridgehead atoms. The van der Waals surface area contributed by atoms with Crippen molar-refractivity contribution in [1.29, 1.82) is 0 Å². The van der Waals surface area contributed by atoms with Gasteiger partial charge in [0, 0.05) is 46.2 Å². The van der Waals surface area contributed by atoms with E-state index in [0.29, 0.717) is 12.7 Å². The minimum absolute atomic E-state index is 0.119. The quantitative estimate of drug-likeness (QED) is 0.0210. The highest BCUT2D eigenvalue weighted by atomic mass is 32.2. The van der Waals surface area contributed by atoms with E-state index in [9.17, 15) is 58.2 Å². The van der Waals surface area contributed by atoms with E-state index in [1.165, 1.54) is 38.5 Å². The number of aliphatic hydroxyl groups is 6. The van der Waals surface area contributed by atoms with Crippen LogP contribution in [-0.2, 0) is 62.4 Å². The number of aliphatic hydroxyl groups excluding tert-OH is 6. The summed E-state index contributed by atoms with van der Waals surface area (Å²) in [6.07, 6.45) is -18.0. The standard InChI is InChI=1S/C38H62N8O19S/c1-17(51)43-27-30(55)32(59-2)21(14-48)62-36(27)65-34-23(16-50)63-37(64-33-22(15-49)61-35(60-3)26(39)29(33)54)28(31(34)56)45-25(53)11-10-24(52)44-18-6-8-20(9-7-18)66(57,58)46-19(13-47)5-4-12-42-38(40)41/h6-9,13,19,21-23,26-37,46,48-50,54-56H,4-5,10-12,14-16,39H2,1-3H3,(H,43,51)(H,44,52)(H,45,53)(H4,40,41,42)/t19-,21?,22?,23?,26+,27+,28+,29?,30+,31?,32?,33-,34-,35-,36?,37+/m1/s1. The second-order valence-corrected chi connectivity index (χ2v) is 17.3. The molecule has 66 heavy (non-hydrogen) atoms. The lowest BCUT2D eigenvalue weighted by atomic mass is 9.93. The molecule has 16 N–H and O–H groups in total. The number of nitrogens with two attached hydrogens (primary N) is 3. The van der Waals surface area contributed by atoms with Gasteiger partial charge in [0.1, 0.15) is 73.3 Å². The number of methoxy groups -OCH3 is 2. The maximum atomic E-state index is 13.5. The number of aliphatic imine (C=N–C) groups is 1. The van der Waals surface area contributed by atoms with Crippen LogP contribution in [0.4, 0.5) is 5.69 Å². The first-order valence-electron chi connectivity index (χ1n) is 20.8. The molecule has 0 saturated carbocycles. The zero-order valence-electron chi connectivity index (χ0n) is 36.4. The lowest BCUT2D eigenvalue weighted by Crippen LogP contribution is -2.70. The minimum atomic E-state index is -4.16. The second-order valence-electron chi connectivity index (χ2n) is 15.6. The number of carbonyl (C=O) groups is 4. The molecule has 0 radical (unpaired) electrons. The summed E-state index contributed by atoms with van der Waals surface area (Å²) in [7, 11) is -1.67. The van der Waals surface area contributed by atoms with Crippen LogP contribution in [0.25, 0.3) is 0 Å². The number of anilines is 1. The number of hydrogen-bond donors (Lipinski definition) is 13. The predicted molar refractivity (Wildman–Crippen MR) is 225 cm³/mol. The molecule has 3 heterocycles. The lowest BCUT2D eigenvalue weighted by molar-refractivity contribution is -0.352. The molecule has 7 unspecified atom stereocenters. The van der Waals surface area contributed by atoms with E-state index >= 15 is 0 Å². The number of nitrogens with one attached hydrogen (secondary N) is 4. The Morgan fingerprint density at radius 3 is 1.82 bits per heavy atom. The molecule has 1 aromatic rings. The normalized spacial score (nSPS) is 33.0. The number of guanidine groups is 1. The molecule has 27 nitrogen and oxygen atoms in total. The van der Waals surface area contributed by atoms with Gasteiger partial charge >= 0.3 is 0 Å². The molecule has 3 saturated heterocycles. The molecular weight excluding hydrogens is 905 g/mol. The maximum Gasteiger partial charge on any atom is 0.241 e. The van der Waals surface area contributed by atoms with Crippen molar-refractivity contribution in [2.75, 3.05) is 45.9 Å². The number of benzene rings is 1. The average molecular weight is 967 g/mol.